The van der Waals surface area contributed by atoms with Crippen LogP contribution in [0.15, 0.2) is 121 Å². The summed E-state index contributed by atoms with van der Waals surface area (Å²) in [5, 5.41) is 4.00. The number of fused-ring (bicyclic) bond motifs is 16. The van der Waals surface area contributed by atoms with Crippen LogP contribution in [0.3, 0.4) is 0 Å². The van der Waals surface area contributed by atoms with Crippen molar-refractivity contribution in [2.75, 3.05) is 4.90 Å². The minimum absolute atomic E-state index is 0.0151. The number of nitrogens with zero attached hydrogens (tertiary/aromatic N) is 2. The molecule has 0 bridgehead atoms. The first kappa shape index (κ1) is 35.0. The molecule has 60 heavy (non-hydrogen) atoms. The molecular weight excluding hydrogens is 723 g/mol. The summed E-state index contributed by atoms with van der Waals surface area (Å²) in [7, 11) is 0. The Kier molecular flexibility index (Phi) is 6.37. The van der Waals surface area contributed by atoms with Gasteiger partial charge in [-0.2, -0.15) is 0 Å². The topological polar surface area (TPSA) is 8.17 Å². The highest BCUT2D eigenvalue weighted by atomic mass is 15.2. The molecule has 0 spiro atoms. The van der Waals surface area contributed by atoms with E-state index in [0.717, 1.165) is 0 Å². The van der Waals surface area contributed by atoms with E-state index in [0.29, 0.717) is 0 Å². The lowest BCUT2D eigenvalue weighted by molar-refractivity contribution is 0.332. The number of anilines is 3. The molecule has 292 valence electrons. The summed E-state index contributed by atoms with van der Waals surface area (Å²) in [4.78, 5) is 2.77. The first-order chi connectivity index (χ1) is 28.7. The molecule has 0 saturated carbocycles. The van der Waals surface area contributed by atoms with Gasteiger partial charge in [0, 0.05) is 55.6 Å². The van der Waals surface area contributed by atoms with E-state index in [1.165, 1.54) is 135 Å². The molecule has 7 aromatic carbocycles. The van der Waals surface area contributed by atoms with Gasteiger partial charge < -0.3 is 9.38 Å². The molecule has 5 aliphatic rings. The highest BCUT2D eigenvalue weighted by molar-refractivity contribution is 6.90. The number of para-hydroxylation sites is 1. The van der Waals surface area contributed by atoms with Crippen LogP contribution in [-0.2, 0) is 21.7 Å². The molecule has 0 atom stereocenters. The minimum atomic E-state index is -0.216. The predicted molar refractivity (Wildman–Crippen MR) is 255 cm³/mol. The Labute approximate surface area is 355 Å². The van der Waals surface area contributed by atoms with Crippen LogP contribution in [0.5, 0.6) is 0 Å². The van der Waals surface area contributed by atoms with Crippen LogP contribution in [0, 0.1) is 6.92 Å². The highest BCUT2D eigenvalue weighted by Crippen LogP contribution is 2.60. The zero-order valence-electron chi connectivity index (χ0n) is 36.4. The van der Waals surface area contributed by atoms with Crippen LogP contribution in [0.1, 0.15) is 107 Å². The van der Waals surface area contributed by atoms with Crippen molar-refractivity contribution in [3.8, 4) is 33.4 Å². The Balaban J connectivity index is 1.24. The summed E-state index contributed by atoms with van der Waals surface area (Å²) in [6.07, 6.45) is 2.38. The smallest absolute Gasteiger partial charge is 0.332 e. The predicted octanol–water partition coefficient (Wildman–Crippen LogP) is 13.5. The Morgan fingerprint density at radius 3 is 1.92 bits per heavy atom. The first-order valence-electron chi connectivity index (χ1n) is 22.3. The van der Waals surface area contributed by atoms with Crippen molar-refractivity contribution in [3.05, 3.63) is 160 Å². The quantitative estimate of drug-likeness (QED) is 0.151. The van der Waals surface area contributed by atoms with E-state index in [4.69, 9.17) is 0 Å². The molecule has 0 unspecified atom stereocenters. The fraction of sp³-hybridized carbons (Fsp3) is 0.263. The molecule has 0 fully saturated rings. The lowest BCUT2D eigenvalue weighted by Gasteiger charge is -2.46. The van der Waals surface area contributed by atoms with E-state index >= 15 is 0 Å². The third kappa shape index (κ3) is 3.99. The maximum atomic E-state index is 2.84. The molecule has 0 saturated heterocycles. The lowest BCUT2D eigenvalue weighted by atomic mass is 9.44. The van der Waals surface area contributed by atoms with Gasteiger partial charge in [0.2, 0.25) is 0 Å². The number of rotatable bonds is 1. The van der Waals surface area contributed by atoms with Gasteiger partial charge >= 0.3 is 6.85 Å². The van der Waals surface area contributed by atoms with Crippen molar-refractivity contribution >= 4 is 56.5 Å². The summed E-state index contributed by atoms with van der Waals surface area (Å²) in [5.41, 5.74) is 26.4. The summed E-state index contributed by atoms with van der Waals surface area (Å²) < 4.78 is 2.84. The monoisotopic (exact) mass is 774 g/mol. The maximum Gasteiger partial charge on any atom is 0.332 e. The third-order valence-electron chi connectivity index (χ3n) is 16.2. The van der Waals surface area contributed by atoms with Gasteiger partial charge in [-0.1, -0.05) is 165 Å². The molecule has 3 heteroatoms. The van der Waals surface area contributed by atoms with Crippen LogP contribution in [-0.4, -0.2) is 11.3 Å². The van der Waals surface area contributed by atoms with Gasteiger partial charge in [-0.3, -0.25) is 0 Å². The zero-order valence-corrected chi connectivity index (χ0v) is 36.4. The van der Waals surface area contributed by atoms with Crippen molar-refractivity contribution in [2.45, 2.75) is 96.8 Å². The second kappa shape index (κ2) is 10.9. The van der Waals surface area contributed by atoms with E-state index in [-0.39, 0.29) is 28.5 Å². The van der Waals surface area contributed by atoms with Crippen LogP contribution in [0.4, 0.5) is 17.1 Å². The first-order valence-corrected chi connectivity index (χ1v) is 22.3. The van der Waals surface area contributed by atoms with E-state index in [2.05, 4.69) is 193 Å². The minimum Gasteiger partial charge on any atom is -0.378 e. The average molecular weight is 775 g/mol. The molecule has 8 aromatic rings. The van der Waals surface area contributed by atoms with Crippen LogP contribution >= 0.6 is 0 Å². The molecule has 0 amide bonds. The van der Waals surface area contributed by atoms with E-state index in [1.54, 1.807) is 0 Å². The van der Waals surface area contributed by atoms with Crippen LogP contribution in [0.2, 0.25) is 0 Å². The average Bonchev–Trinajstić information content (AvgIpc) is 3.79. The zero-order chi connectivity index (χ0) is 41.0. The van der Waals surface area contributed by atoms with Gasteiger partial charge in [0.1, 0.15) is 0 Å². The van der Waals surface area contributed by atoms with Gasteiger partial charge in [0.05, 0.1) is 0 Å². The summed E-state index contributed by atoms with van der Waals surface area (Å²) in [5.74, 6) is 0. The summed E-state index contributed by atoms with van der Waals surface area (Å²) in [6, 6.07) is 47.5. The second-order valence-corrected chi connectivity index (χ2v) is 21.2. The normalized spacial score (nSPS) is 18.4. The van der Waals surface area contributed by atoms with Crippen LogP contribution < -0.4 is 15.8 Å². The molecule has 0 N–H and O–H groups in total. The number of benzene rings is 7. The number of aromatic nitrogens is 1. The molecular formula is C57H51BN2. The third-order valence-corrected chi connectivity index (χ3v) is 16.2. The lowest BCUT2D eigenvalue weighted by Crippen LogP contribution is -2.58. The molecule has 0 radical (unpaired) electrons. The van der Waals surface area contributed by atoms with Gasteiger partial charge in [-0.15, -0.1) is 0 Å². The largest absolute Gasteiger partial charge is 0.378 e. The van der Waals surface area contributed by atoms with Crippen molar-refractivity contribution in [3.63, 3.8) is 0 Å². The van der Waals surface area contributed by atoms with Crippen molar-refractivity contribution in [1.82, 2.24) is 4.48 Å². The van der Waals surface area contributed by atoms with E-state index in [1.807, 2.05) is 0 Å². The Hall–Kier alpha value is -5.80. The molecule has 13 rings (SSSR count). The van der Waals surface area contributed by atoms with Crippen molar-refractivity contribution in [1.29, 1.82) is 0 Å². The van der Waals surface area contributed by atoms with Gasteiger partial charge in [0.25, 0.3) is 0 Å². The number of hydrogen-bond acceptors (Lipinski definition) is 1. The van der Waals surface area contributed by atoms with Crippen molar-refractivity contribution in [2.24, 2.45) is 0 Å². The molecule has 3 heterocycles. The second-order valence-electron chi connectivity index (χ2n) is 21.2. The van der Waals surface area contributed by atoms with E-state index in [9.17, 15) is 0 Å². The Morgan fingerprint density at radius 2 is 1.15 bits per heavy atom. The Bertz CT molecular complexity index is 3300. The molecule has 2 aliphatic heterocycles. The summed E-state index contributed by atoms with van der Waals surface area (Å²) in [6.45, 7) is 22.1. The maximum absolute atomic E-state index is 2.84. The number of hydrogen-bond donors (Lipinski definition) is 0. The summed E-state index contributed by atoms with van der Waals surface area (Å²) >= 11 is 0. The SMILES string of the molecule is Cc1cc2c(cc1N1c3cc4ccccc4c4c3B(c3ccc5c(c31)C(C)(C)c1ccccc1-5)n1c3c(c5cccc-4c51)-c1ccccc1C3(C)C)C(C)(C)CCC2(C)C. The van der Waals surface area contributed by atoms with Crippen LogP contribution in [0.25, 0.3) is 55.1 Å². The van der Waals surface area contributed by atoms with Gasteiger partial charge in [0.15, 0.2) is 0 Å². The fourth-order valence-corrected chi connectivity index (χ4v) is 13.3. The number of aryl methyl sites for hydroxylation is 1. The molecule has 2 nitrogen and oxygen atoms in total. The Morgan fingerprint density at radius 1 is 0.517 bits per heavy atom. The molecule has 3 aliphatic carbocycles. The van der Waals surface area contributed by atoms with Gasteiger partial charge in [-0.05, 0) is 120 Å². The standard InChI is InChI=1S/C57H51BN2/c1-32-29-42-43(55(4,5)28-27-54(42,2)3)31-45(32)59-46-30-33-17-10-11-18-34(33)47-38-21-16-22-39-48-37-20-13-15-24-41(37)57(8,9)53(48)60(51(38)39)58(50(46)47)44-26-25-36-35-19-12-14-23-40(35)56(6,7)49(36)52(44)59/h10-26,29-31H,27-28H2,1-9H3. The fourth-order valence-electron chi connectivity index (χ4n) is 13.3. The van der Waals surface area contributed by atoms with Crippen molar-refractivity contribution < 1.29 is 0 Å². The van der Waals surface area contributed by atoms with Gasteiger partial charge in [-0.25, -0.2) is 0 Å². The highest BCUT2D eigenvalue weighted by Gasteiger charge is 2.52. The molecule has 1 aromatic heterocycles. The van der Waals surface area contributed by atoms with E-state index < -0.39 is 0 Å².